The Balaban J connectivity index is 0.000000741. The molecule has 0 saturated carbocycles. The quantitative estimate of drug-likeness (QED) is 0.642. The van der Waals surface area contributed by atoms with Crippen LogP contribution in [0.25, 0.3) is 11.6 Å². The fraction of sp³-hybridized carbons (Fsp3) is 0.389. The van der Waals surface area contributed by atoms with Gasteiger partial charge in [0.05, 0.1) is 5.69 Å². The molecule has 104 valence electrons. The minimum Gasteiger partial charge on any atom is -0.256 e. The van der Waals surface area contributed by atoms with Crippen LogP contribution < -0.4 is 0 Å². The average Bonchev–Trinajstić information content (AvgIpc) is 2.52. The Labute approximate surface area is 118 Å². The Morgan fingerprint density at radius 1 is 1.21 bits per heavy atom. The first-order valence-corrected chi connectivity index (χ1v) is 7.27. The van der Waals surface area contributed by atoms with E-state index in [0.717, 1.165) is 24.1 Å². The van der Waals surface area contributed by atoms with Crippen molar-refractivity contribution in [3.8, 4) is 0 Å². The highest BCUT2D eigenvalue weighted by molar-refractivity contribution is 5.80. The van der Waals surface area contributed by atoms with Crippen LogP contribution in [0.3, 0.4) is 0 Å². The van der Waals surface area contributed by atoms with Crippen molar-refractivity contribution in [2.45, 2.75) is 47.5 Å². The van der Waals surface area contributed by atoms with E-state index in [0.29, 0.717) is 0 Å². The van der Waals surface area contributed by atoms with E-state index in [1.165, 1.54) is 11.1 Å². The standard InChI is InChI=1S/C14H15N.2C2H6/c1-3-12-8-6-10-15-14(12)13-9-5-4-7-11(13)2;2*1-2/h3,5-6,8-10H,1,4,7H2,2H3;2*1-2H3. The van der Waals surface area contributed by atoms with Crippen LogP contribution in [0.1, 0.15) is 58.7 Å². The van der Waals surface area contributed by atoms with Crippen molar-refractivity contribution >= 4 is 11.6 Å². The lowest BCUT2D eigenvalue weighted by atomic mass is 9.94. The fourth-order valence-corrected chi connectivity index (χ4v) is 1.87. The van der Waals surface area contributed by atoms with E-state index < -0.39 is 0 Å². The summed E-state index contributed by atoms with van der Waals surface area (Å²) in [5.41, 5.74) is 4.84. The molecular weight excluding hydrogens is 230 g/mol. The molecule has 1 aliphatic rings. The first-order chi connectivity index (χ1) is 9.33. The Hall–Kier alpha value is -1.63. The molecular formula is C18H27N. The van der Waals surface area contributed by atoms with Crippen LogP contribution >= 0.6 is 0 Å². The SMILES string of the molecule is C=Cc1cccnc1C1=C(C)CCC=C1.CC.CC. The van der Waals surface area contributed by atoms with Crippen molar-refractivity contribution in [3.05, 3.63) is 53.9 Å². The van der Waals surface area contributed by atoms with Crippen LogP contribution in [0, 0.1) is 0 Å². The van der Waals surface area contributed by atoms with Gasteiger partial charge in [-0.3, -0.25) is 4.98 Å². The number of pyridine rings is 1. The Bertz CT molecular complexity index is 439. The van der Waals surface area contributed by atoms with Gasteiger partial charge < -0.3 is 0 Å². The van der Waals surface area contributed by atoms with E-state index in [-0.39, 0.29) is 0 Å². The molecule has 19 heavy (non-hydrogen) atoms. The van der Waals surface area contributed by atoms with E-state index in [9.17, 15) is 0 Å². The molecule has 0 fully saturated rings. The summed E-state index contributed by atoms with van der Waals surface area (Å²) in [6, 6.07) is 4.00. The highest BCUT2D eigenvalue weighted by Gasteiger charge is 2.10. The molecule has 0 bridgehead atoms. The second-order valence-corrected chi connectivity index (χ2v) is 3.78. The summed E-state index contributed by atoms with van der Waals surface area (Å²) in [6.07, 6.45) is 10.4. The van der Waals surface area contributed by atoms with Crippen molar-refractivity contribution in [3.63, 3.8) is 0 Å². The highest BCUT2D eigenvalue weighted by Crippen LogP contribution is 2.28. The molecule has 0 amide bonds. The normalized spacial score (nSPS) is 12.9. The van der Waals surface area contributed by atoms with E-state index in [2.05, 4.69) is 36.7 Å². The molecule has 1 aromatic rings. The number of allylic oxidation sites excluding steroid dienone is 4. The van der Waals surface area contributed by atoms with Crippen LogP contribution in [0.15, 0.2) is 42.6 Å². The first-order valence-electron chi connectivity index (χ1n) is 7.27. The number of hydrogen-bond acceptors (Lipinski definition) is 1. The maximum Gasteiger partial charge on any atom is 0.0773 e. The van der Waals surface area contributed by atoms with E-state index in [1.54, 1.807) is 0 Å². The predicted molar refractivity (Wildman–Crippen MR) is 88.0 cm³/mol. The summed E-state index contributed by atoms with van der Waals surface area (Å²) in [6.45, 7) is 14.0. The summed E-state index contributed by atoms with van der Waals surface area (Å²) in [5.74, 6) is 0. The van der Waals surface area contributed by atoms with Gasteiger partial charge in [-0.15, -0.1) is 0 Å². The second-order valence-electron chi connectivity index (χ2n) is 3.78. The van der Waals surface area contributed by atoms with E-state index in [1.807, 2.05) is 46.0 Å². The fourth-order valence-electron chi connectivity index (χ4n) is 1.87. The van der Waals surface area contributed by atoms with E-state index in [4.69, 9.17) is 0 Å². The zero-order valence-electron chi connectivity index (χ0n) is 13.0. The Morgan fingerprint density at radius 2 is 1.89 bits per heavy atom. The smallest absolute Gasteiger partial charge is 0.0773 e. The van der Waals surface area contributed by atoms with Gasteiger partial charge in [0, 0.05) is 11.8 Å². The van der Waals surface area contributed by atoms with Crippen LogP contribution in [0.4, 0.5) is 0 Å². The third kappa shape index (κ3) is 4.86. The van der Waals surface area contributed by atoms with Gasteiger partial charge in [-0.05, 0) is 31.4 Å². The third-order valence-electron chi connectivity index (χ3n) is 2.74. The van der Waals surface area contributed by atoms with Crippen molar-refractivity contribution in [2.75, 3.05) is 0 Å². The van der Waals surface area contributed by atoms with Gasteiger partial charge >= 0.3 is 0 Å². The molecule has 0 aliphatic heterocycles. The summed E-state index contributed by atoms with van der Waals surface area (Å²) in [4.78, 5) is 4.44. The molecule has 0 radical (unpaired) electrons. The molecule has 2 rings (SSSR count). The molecule has 0 spiro atoms. The highest BCUT2D eigenvalue weighted by atomic mass is 14.7. The van der Waals surface area contributed by atoms with Crippen molar-refractivity contribution < 1.29 is 0 Å². The zero-order chi connectivity index (χ0) is 14.7. The summed E-state index contributed by atoms with van der Waals surface area (Å²) < 4.78 is 0. The minimum atomic E-state index is 1.06. The molecule has 0 N–H and O–H groups in total. The zero-order valence-corrected chi connectivity index (χ0v) is 13.0. The predicted octanol–water partition coefficient (Wildman–Crippen LogP) is 5.90. The number of nitrogens with zero attached hydrogens (tertiary/aromatic N) is 1. The van der Waals surface area contributed by atoms with Gasteiger partial charge in [0.15, 0.2) is 0 Å². The van der Waals surface area contributed by atoms with Gasteiger partial charge in [-0.2, -0.15) is 0 Å². The van der Waals surface area contributed by atoms with Gasteiger partial charge in [-0.25, -0.2) is 0 Å². The largest absolute Gasteiger partial charge is 0.256 e. The lowest BCUT2D eigenvalue weighted by Crippen LogP contribution is -1.96. The van der Waals surface area contributed by atoms with Crippen LogP contribution in [0.2, 0.25) is 0 Å². The first kappa shape index (κ1) is 17.4. The molecule has 1 nitrogen and oxygen atoms in total. The van der Waals surface area contributed by atoms with Crippen molar-refractivity contribution in [2.24, 2.45) is 0 Å². The van der Waals surface area contributed by atoms with Crippen molar-refractivity contribution in [1.29, 1.82) is 0 Å². The lowest BCUT2D eigenvalue weighted by Gasteiger charge is -2.13. The summed E-state index contributed by atoms with van der Waals surface area (Å²) in [5, 5.41) is 0. The minimum absolute atomic E-state index is 1.06. The third-order valence-corrected chi connectivity index (χ3v) is 2.74. The maximum atomic E-state index is 4.44. The lowest BCUT2D eigenvalue weighted by molar-refractivity contribution is 0.964. The molecule has 0 aromatic carbocycles. The van der Waals surface area contributed by atoms with Gasteiger partial charge in [-0.1, -0.05) is 64.1 Å². The van der Waals surface area contributed by atoms with Crippen LogP contribution in [-0.2, 0) is 0 Å². The molecule has 0 saturated heterocycles. The van der Waals surface area contributed by atoms with Gasteiger partial charge in [0.25, 0.3) is 0 Å². The summed E-state index contributed by atoms with van der Waals surface area (Å²) >= 11 is 0. The molecule has 1 aromatic heterocycles. The summed E-state index contributed by atoms with van der Waals surface area (Å²) in [7, 11) is 0. The maximum absolute atomic E-state index is 4.44. The topological polar surface area (TPSA) is 12.9 Å². The average molecular weight is 257 g/mol. The van der Waals surface area contributed by atoms with Crippen LogP contribution in [-0.4, -0.2) is 4.98 Å². The monoisotopic (exact) mass is 257 g/mol. The van der Waals surface area contributed by atoms with E-state index >= 15 is 0 Å². The van der Waals surface area contributed by atoms with Crippen molar-refractivity contribution in [1.82, 2.24) is 4.98 Å². The molecule has 0 unspecified atom stereocenters. The van der Waals surface area contributed by atoms with Gasteiger partial charge in [0.1, 0.15) is 0 Å². The molecule has 0 atom stereocenters. The van der Waals surface area contributed by atoms with Gasteiger partial charge in [0.2, 0.25) is 0 Å². The second kappa shape index (κ2) is 10.3. The molecule has 1 heterocycles. The Morgan fingerprint density at radius 3 is 2.47 bits per heavy atom. The number of aromatic nitrogens is 1. The molecule has 1 aliphatic carbocycles. The van der Waals surface area contributed by atoms with Crippen LogP contribution in [0.5, 0.6) is 0 Å². The molecule has 1 heteroatoms. The number of rotatable bonds is 2. The number of hydrogen-bond donors (Lipinski definition) is 0. The Kier molecular flexibility index (Phi) is 9.42.